The highest BCUT2D eigenvalue weighted by atomic mass is 35.5. The van der Waals surface area contributed by atoms with Crippen molar-refractivity contribution in [1.29, 1.82) is 0 Å². The topological polar surface area (TPSA) is 17.1 Å². The van der Waals surface area contributed by atoms with E-state index in [0.717, 1.165) is 16.7 Å². The van der Waals surface area contributed by atoms with Gasteiger partial charge in [0.05, 0.1) is 0 Å². The van der Waals surface area contributed by atoms with Crippen LogP contribution in [0.25, 0.3) is 11.1 Å². The Kier molecular flexibility index (Phi) is 4.05. The highest BCUT2D eigenvalue weighted by Crippen LogP contribution is 2.30. The highest BCUT2D eigenvalue weighted by Gasteiger charge is 2.05. The van der Waals surface area contributed by atoms with E-state index in [2.05, 4.69) is 0 Å². The molecule has 2 aromatic carbocycles. The Labute approximate surface area is 116 Å². The zero-order valence-electron chi connectivity index (χ0n) is 9.91. The molecule has 3 heteroatoms. The van der Waals surface area contributed by atoms with Crippen molar-refractivity contribution in [2.45, 2.75) is 13.3 Å². The molecule has 0 amide bonds. The van der Waals surface area contributed by atoms with Gasteiger partial charge >= 0.3 is 0 Å². The fourth-order valence-electron chi connectivity index (χ4n) is 1.81. The number of benzene rings is 2. The van der Waals surface area contributed by atoms with Gasteiger partial charge in [-0.2, -0.15) is 0 Å². The van der Waals surface area contributed by atoms with E-state index in [1.54, 1.807) is 19.1 Å². The summed E-state index contributed by atoms with van der Waals surface area (Å²) in [4.78, 5) is 11.0. The largest absolute Gasteiger partial charge is 0.300 e. The van der Waals surface area contributed by atoms with Crippen LogP contribution < -0.4 is 0 Å². The first kappa shape index (κ1) is 13.1. The van der Waals surface area contributed by atoms with Gasteiger partial charge in [-0.05, 0) is 36.2 Å². The molecule has 92 valence electrons. The lowest BCUT2D eigenvalue weighted by molar-refractivity contribution is -0.116. The molecule has 0 aliphatic carbocycles. The van der Waals surface area contributed by atoms with Crippen molar-refractivity contribution in [1.82, 2.24) is 0 Å². The lowest BCUT2D eigenvalue weighted by atomic mass is 10.0. The van der Waals surface area contributed by atoms with E-state index in [1.165, 1.54) is 0 Å². The third-order valence-corrected chi connectivity index (χ3v) is 3.21. The molecule has 0 saturated heterocycles. The van der Waals surface area contributed by atoms with Crippen molar-refractivity contribution in [3.8, 4) is 11.1 Å². The van der Waals surface area contributed by atoms with Crippen LogP contribution in [0.4, 0.5) is 0 Å². The van der Waals surface area contributed by atoms with E-state index in [1.807, 2.05) is 30.3 Å². The van der Waals surface area contributed by atoms with Gasteiger partial charge < -0.3 is 0 Å². The average Bonchev–Trinajstić information content (AvgIpc) is 2.33. The van der Waals surface area contributed by atoms with Crippen LogP contribution in [0.1, 0.15) is 12.5 Å². The molecule has 0 aromatic heterocycles. The zero-order chi connectivity index (χ0) is 13.1. The van der Waals surface area contributed by atoms with Crippen LogP contribution in [0, 0.1) is 0 Å². The summed E-state index contributed by atoms with van der Waals surface area (Å²) in [5.74, 6) is 0.156. The summed E-state index contributed by atoms with van der Waals surface area (Å²) in [6.45, 7) is 1.59. The third kappa shape index (κ3) is 3.12. The molecule has 0 bridgehead atoms. The molecule has 0 fully saturated rings. The monoisotopic (exact) mass is 278 g/mol. The summed E-state index contributed by atoms with van der Waals surface area (Å²) in [6.07, 6.45) is 0.462. The quantitative estimate of drug-likeness (QED) is 0.789. The first-order valence-electron chi connectivity index (χ1n) is 5.60. The van der Waals surface area contributed by atoms with E-state index in [4.69, 9.17) is 23.2 Å². The SMILES string of the molecule is CC(=O)Cc1ccc(-c2cc(Cl)ccc2Cl)cc1. The Morgan fingerprint density at radius 3 is 2.33 bits per heavy atom. The number of hydrogen-bond donors (Lipinski definition) is 0. The Morgan fingerprint density at radius 2 is 1.72 bits per heavy atom. The molecule has 0 heterocycles. The van der Waals surface area contributed by atoms with E-state index in [0.29, 0.717) is 16.5 Å². The standard InChI is InChI=1S/C15H12Cl2O/c1-10(18)8-11-2-4-12(5-3-11)14-9-13(16)6-7-15(14)17/h2-7,9H,8H2,1H3. The van der Waals surface area contributed by atoms with Gasteiger partial charge in [0, 0.05) is 22.0 Å². The van der Waals surface area contributed by atoms with Gasteiger partial charge in [-0.25, -0.2) is 0 Å². The fraction of sp³-hybridized carbons (Fsp3) is 0.133. The summed E-state index contributed by atoms with van der Waals surface area (Å²) in [7, 11) is 0. The third-order valence-electron chi connectivity index (χ3n) is 2.65. The summed E-state index contributed by atoms with van der Waals surface area (Å²) in [6, 6.07) is 13.2. The minimum absolute atomic E-state index is 0.156. The summed E-state index contributed by atoms with van der Waals surface area (Å²) in [5.41, 5.74) is 2.90. The summed E-state index contributed by atoms with van der Waals surface area (Å²) < 4.78 is 0. The highest BCUT2D eigenvalue weighted by molar-refractivity contribution is 6.35. The molecule has 2 rings (SSSR count). The van der Waals surface area contributed by atoms with E-state index in [9.17, 15) is 4.79 Å². The van der Waals surface area contributed by atoms with Crippen molar-refractivity contribution in [2.75, 3.05) is 0 Å². The molecule has 0 spiro atoms. The first-order valence-corrected chi connectivity index (χ1v) is 6.35. The minimum Gasteiger partial charge on any atom is -0.300 e. The van der Waals surface area contributed by atoms with Crippen molar-refractivity contribution in [3.05, 3.63) is 58.1 Å². The molecule has 1 nitrogen and oxygen atoms in total. The predicted octanol–water partition coefficient (Wildman–Crippen LogP) is 4.79. The van der Waals surface area contributed by atoms with Crippen LogP contribution in [0.5, 0.6) is 0 Å². The van der Waals surface area contributed by atoms with Crippen LogP contribution >= 0.6 is 23.2 Å². The molecule has 0 aliphatic rings. The molecule has 0 N–H and O–H groups in total. The summed E-state index contributed by atoms with van der Waals surface area (Å²) >= 11 is 12.1. The number of Topliss-reactive ketones (excluding diaryl/α,β-unsaturated/α-hetero) is 1. The Bertz CT molecular complexity index is 574. The molecular weight excluding hydrogens is 267 g/mol. The van der Waals surface area contributed by atoms with Gasteiger partial charge in [0.1, 0.15) is 5.78 Å². The van der Waals surface area contributed by atoms with Crippen LogP contribution in [0.15, 0.2) is 42.5 Å². The van der Waals surface area contributed by atoms with E-state index >= 15 is 0 Å². The number of hydrogen-bond acceptors (Lipinski definition) is 1. The van der Waals surface area contributed by atoms with Gasteiger partial charge in [0.25, 0.3) is 0 Å². The van der Waals surface area contributed by atoms with Gasteiger partial charge in [0.2, 0.25) is 0 Å². The van der Waals surface area contributed by atoms with Crippen LogP contribution in [0.3, 0.4) is 0 Å². The molecule has 18 heavy (non-hydrogen) atoms. The smallest absolute Gasteiger partial charge is 0.134 e. The van der Waals surface area contributed by atoms with Crippen molar-refractivity contribution < 1.29 is 4.79 Å². The number of halogens is 2. The summed E-state index contributed by atoms with van der Waals surface area (Å²) in [5, 5.41) is 1.32. The molecule has 0 saturated carbocycles. The second kappa shape index (κ2) is 5.55. The van der Waals surface area contributed by atoms with Gasteiger partial charge in [-0.1, -0.05) is 47.5 Å². The Morgan fingerprint density at radius 1 is 1.06 bits per heavy atom. The minimum atomic E-state index is 0.156. The van der Waals surface area contributed by atoms with Gasteiger partial charge in [-0.3, -0.25) is 4.79 Å². The fourth-order valence-corrected chi connectivity index (χ4v) is 2.21. The van der Waals surface area contributed by atoms with Crippen molar-refractivity contribution in [3.63, 3.8) is 0 Å². The molecule has 0 unspecified atom stereocenters. The lowest BCUT2D eigenvalue weighted by Crippen LogP contribution is -1.95. The predicted molar refractivity (Wildman–Crippen MR) is 76.3 cm³/mol. The van der Waals surface area contributed by atoms with Gasteiger partial charge in [-0.15, -0.1) is 0 Å². The average molecular weight is 279 g/mol. The molecule has 0 aliphatic heterocycles. The van der Waals surface area contributed by atoms with Crippen LogP contribution in [-0.4, -0.2) is 5.78 Å². The van der Waals surface area contributed by atoms with Crippen LogP contribution in [0.2, 0.25) is 10.0 Å². The Hall–Kier alpha value is -1.31. The first-order chi connectivity index (χ1) is 8.56. The molecule has 0 atom stereocenters. The maximum atomic E-state index is 11.0. The van der Waals surface area contributed by atoms with Gasteiger partial charge in [0.15, 0.2) is 0 Å². The number of ketones is 1. The van der Waals surface area contributed by atoms with Crippen molar-refractivity contribution in [2.24, 2.45) is 0 Å². The second-order valence-corrected chi connectivity index (χ2v) is 5.04. The molecular formula is C15H12Cl2O. The normalized spacial score (nSPS) is 10.4. The Balaban J connectivity index is 2.34. The van der Waals surface area contributed by atoms with E-state index < -0.39 is 0 Å². The van der Waals surface area contributed by atoms with Crippen molar-refractivity contribution >= 4 is 29.0 Å². The lowest BCUT2D eigenvalue weighted by Gasteiger charge is -2.06. The van der Waals surface area contributed by atoms with Crippen LogP contribution in [-0.2, 0) is 11.2 Å². The maximum absolute atomic E-state index is 11.0. The number of carbonyl (C=O) groups excluding carboxylic acids is 1. The second-order valence-electron chi connectivity index (χ2n) is 4.20. The number of carbonyl (C=O) groups is 1. The maximum Gasteiger partial charge on any atom is 0.134 e. The molecule has 0 radical (unpaired) electrons. The van der Waals surface area contributed by atoms with E-state index in [-0.39, 0.29) is 5.78 Å². The molecule has 2 aromatic rings. The number of rotatable bonds is 3. The zero-order valence-corrected chi connectivity index (χ0v) is 11.4.